The molecule has 0 unspecified atom stereocenters. The third-order valence-corrected chi connectivity index (χ3v) is 6.11. The molecule has 5 aromatic rings. The molecule has 1 aliphatic carbocycles. The van der Waals surface area contributed by atoms with Crippen LogP contribution in [0.1, 0.15) is 24.1 Å². The minimum Gasteiger partial charge on any atom is -0.311 e. The fraction of sp³-hybridized carbons (Fsp3) is 0.115. The lowest BCUT2D eigenvalue weighted by atomic mass is 10.0. The van der Waals surface area contributed by atoms with Crippen LogP contribution in [0.15, 0.2) is 90.0 Å². The molecular formula is C26H18FN3O. The summed E-state index contributed by atoms with van der Waals surface area (Å²) in [5.41, 5.74) is 3.30. The minimum atomic E-state index is -0.560. The molecular weight excluding hydrogens is 389 g/mol. The van der Waals surface area contributed by atoms with Gasteiger partial charge in [0.05, 0.1) is 10.9 Å². The maximum Gasteiger partial charge on any atom is 0.259 e. The Labute approximate surface area is 177 Å². The van der Waals surface area contributed by atoms with Crippen molar-refractivity contribution in [2.24, 2.45) is 0 Å². The van der Waals surface area contributed by atoms with Gasteiger partial charge in [0.25, 0.3) is 5.56 Å². The van der Waals surface area contributed by atoms with Crippen LogP contribution in [0.5, 0.6) is 0 Å². The summed E-state index contributed by atoms with van der Waals surface area (Å²) in [5, 5.41) is 2.56. The number of hydrogen-bond acceptors (Lipinski definition) is 3. The molecule has 3 heterocycles. The van der Waals surface area contributed by atoms with Gasteiger partial charge < -0.3 is 4.57 Å². The van der Waals surface area contributed by atoms with Crippen LogP contribution in [0.4, 0.5) is 4.39 Å². The van der Waals surface area contributed by atoms with Gasteiger partial charge in [0.15, 0.2) is 0 Å². The van der Waals surface area contributed by atoms with E-state index in [0.29, 0.717) is 10.9 Å². The number of halogens is 1. The topological polar surface area (TPSA) is 47.8 Å². The van der Waals surface area contributed by atoms with E-state index in [4.69, 9.17) is 4.98 Å². The molecule has 0 bridgehead atoms. The third kappa shape index (κ3) is 3.01. The fourth-order valence-electron chi connectivity index (χ4n) is 4.47. The van der Waals surface area contributed by atoms with Crippen molar-refractivity contribution in [2.45, 2.75) is 18.4 Å². The van der Waals surface area contributed by atoms with Crippen LogP contribution in [0.2, 0.25) is 0 Å². The van der Waals surface area contributed by atoms with Crippen molar-refractivity contribution in [3.8, 4) is 11.1 Å². The Morgan fingerprint density at radius 2 is 1.81 bits per heavy atom. The molecule has 5 heteroatoms. The van der Waals surface area contributed by atoms with Crippen molar-refractivity contribution < 1.29 is 4.39 Å². The van der Waals surface area contributed by atoms with Gasteiger partial charge in [0, 0.05) is 41.5 Å². The molecule has 150 valence electrons. The highest BCUT2D eigenvalue weighted by Crippen LogP contribution is 2.50. The summed E-state index contributed by atoms with van der Waals surface area (Å²) in [5.74, 6) is -0.347. The molecule has 3 aromatic heterocycles. The van der Waals surface area contributed by atoms with Crippen molar-refractivity contribution in [2.75, 3.05) is 0 Å². The molecule has 4 nitrogen and oxygen atoms in total. The Morgan fingerprint density at radius 3 is 2.71 bits per heavy atom. The summed E-state index contributed by atoms with van der Waals surface area (Å²) in [7, 11) is 0. The van der Waals surface area contributed by atoms with Crippen molar-refractivity contribution in [1.29, 1.82) is 0 Å². The molecule has 31 heavy (non-hydrogen) atoms. The van der Waals surface area contributed by atoms with Crippen LogP contribution in [-0.2, 0) is 0 Å². The Morgan fingerprint density at radius 1 is 0.935 bits per heavy atom. The summed E-state index contributed by atoms with van der Waals surface area (Å²) in [6.45, 7) is 0. The first-order valence-electron chi connectivity index (χ1n) is 10.3. The number of fused-ring (bicyclic) bond motifs is 2. The van der Waals surface area contributed by atoms with Gasteiger partial charge in [-0.15, -0.1) is 0 Å². The average Bonchev–Trinajstić information content (AvgIpc) is 3.59. The molecule has 0 radical (unpaired) electrons. The van der Waals surface area contributed by atoms with E-state index in [0.717, 1.165) is 34.0 Å². The molecule has 1 saturated carbocycles. The van der Waals surface area contributed by atoms with E-state index in [1.165, 1.54) is 12.3 Å². The highest BCUT2D eigenvalue weighted by atomic mass is 19.1. The van der Waals surface area contributed by atoms with Gasteiger partial charge in [-0.1, -0.05) is 42.5 Å². The van der Waals surface area contributed by atoms with Gasteiger partial charge in [0.2, 0.25) is 5.95 Å². The van der Waals surface area contributed by atoms with E-state index in [9.17, 15) is 9.18 Å². The normalized spacial score (nSPS) is 17.8. The summed E-state index contributed by atoms with van der Waals surface area (Å²) in [6.07, 6.45) is 4.17. The standard InChI is InChI=1S/C26H18FN3O/c27-24-14-18(10-12-28-24)19-6-3-5-17-11-13-30(26(31)25(17)19)23-15-20(23)22-9-8-16-4-1-2-7-21(16)29-22/h1-14,20,23H,15H2/t20-,23+/m0/s1. The predicted octanol–water partition coefficient (Wildman–Crippen LogP) is 5.48. The summed E-state index contributed by atoms with van der Waals surface area (Å²) >= 11 is 0. The number of nitrogens with zero attached hydrogens (tertiary/aromatic N) is 3. The lowest BCUT2D eigenvalue weighted by Gasteiger charge is -2.11. The first-order valence-corrected chi connectivity index (χ1v) is 10.3. The van der Waals surface area contributed by atoms with Gasteiger partial charge in [-0.3, -0.25) is 9.78 Å². The van der Waals surface area contributed by atoms with Crippen LogP contribution in [0, 0.1) is 5.95 Å². The SMILES string of the molecule is O=c1c2c(-c3ccnc(F)c3)cccc2ccn1[C@@H]1C[C@H]1c1ccc2ccccc2n1. The number of pyridine rings is 3. The van der Waals surface area contributed by atoms with E-state index < -0.39 is 5.95 Å². The van der Waals surface area contributed by atoms with Gasteiger partial charge in [0.1, 0.15) is 0 Å². The smallest absolute Gasteiger partial charge is 0.259 e. The highest BCUT2D eigenvalue weighted by molar-refractivity contribution is 5.95. The van der Waals surface area contributed by atoms with Crippen molar-refractivity contribution >= 4 is 21.7 Å². The second-order valence-electron chi connectivity index (χ2n) is 8.00. The second-order valence-corrected chi connectivity index (χ2v) is 8.00. The molecule has 2 aromatic carbocycles. The van der Waals surface area contributed by atoms with Crippen LogP contribution >= 0.6 is 0 Å². The average molecular weight is 407 g/mol. The first kappa shape index (κ1) is 18.0. The summed E-state index contributed by atoms with van der Waals surface area (Å²) in [4.78, 5) is 22.0. The van der Waals surface area contributed by atoms with Crippen molar-refractivity contribution in [1.82, 2.24) is 14.5 Å². The number of benzene rings is 2. The largest absolute Gasteiger partial charge is 0.311 e. The quantitative estimate of drug-likeness (QED) is 0.372. The van der Waals surface area contributed by atoms with Crippen LogP contribution < -0.4 is 5.56 Å². The lowest BCUT2D eigenvalue weighted by Crippen LogP contribution is -2.19. The zero-order chi connectivity index (χ0) is 20.9. The predicted molar refractivity (Wildman–Crippen MR) is 120 cm³/mol. The highest BCUT2D eigenvalue weighted by Gasteiger charge is 2.41. The molecule has 6 rings (SSSR count). The third-order valence-electron chi connectivity index (χ3n) is 6.11. The second kappa shape index (κ2) is 6.84. The zero-order valence-electron chi connectivity index (χ0n) is 16.6. The fourth-order valence-corrected chi connectivity index (χ4v) is 4.47. The summed E-state index contributed by atoms with van der Waals surface area (Å²) in [6, 6.07) is 23.0. The number of rotatable bonds is 3. The van der Waals surface area contributed by atoms with Crippen molar-refractivity contribution in [3.05, 3.63) is 107 Å². The lowest BCUT2D eigenvalue weighted by molar-refractivity contribution is 0.584. The van der Waals surface area contributed by atoms with E-state index in [1.807, 2.05) is 59.3 Å². The number of hydrogen-bond donors (Lipinski definition) is 0. The van der Waals surface area contributed by atoms with Gasteiger partial charge in [-0.2, -0.15) is 4.39 Å². The van der Waals surface area contributed by atoms with Crippen molar-refractivity contribution in [3.63, 3.8) is 0 Å². The van der Waals surface area contributed by atoms with E-state index in [2.05, 4.69) is 17.1 Å². The molecule has 2 atom stereocenters. The summed E-state index contributed by atoms with van der Waals surface area (Å²) < 4.78 is 15.5. The number of aromatic nitrogens is 3. The molecule has 0 amide bonds. The maximum atomic E-state index is 13.7. The molecule has 0 aliphatic heterocycles. The van der Waals surface area contributed by atoms with Crippen LogP contribution in [0.25, 0.3) is 32.8 Å². The molecule has 0 N–H and O–H groups in total. The minimum absolute atomic E-state index is 0.0568. The molecule has 1 aliphatic rings. The van der Waals surface area contributed by atoms with Crippen LogP contribution in [0.3, 0.4) is 0 Å². The molecule has 1 fully saturated rings. The van der Waals surface area contributed by atoms with E-state index in [-0.39, 0.29) is 17.5 Å². The molecule has 0 spiro atoms. The number of para-hydroxylation sites is 1. The van der Waals surface area contributed by atoms with E-state index >= 15 is 0 Å². The monoisotopic (exact) mass is 407 g/mol. The maximum absolute atomic E-state index is 13.7. The Kier molecular flexibility index (Phi) is 3.96. The Balaban J connectivity index is 1.43. The van der Waals surface area contributed by atoms with Crippen LogP contribution in [-0.4, -0.2) is 14.5 Å². The van der Waals surface area contributed by atoms with E-state index in [1.54, 1.807) is 6.07 Å². The Bertz CT molecular complexity index is 1520. The zero-order valence-corrected chi connectivity index (χ0v) is 16.6. The Hall–Kier alpha value is -3.86. The molecule has 0 saturated heterocycles. The van der Waals surface area contributed by atoms with Gasteiger partial charge in [-0.05, 0) is 47.2 Å². The van der Waals surface area contributed by atoms with Gasteiger partial charge in [-0.25, -0.2) is 4.98 Å². The first-order chi connectivity index (χ1) is 15.2. The van der Waals surface area contributed by atoms with Gasteiger partial charge >= 0.3 is 0 Å².